The number of halogens is 8. The number of aliphatic hydroxyl groups is 1. The number of hydrogen-bond donors (Lipinski definition) is 6. The van der Waals surface area contributed by atoms with Crippen molar-refractivity contribution in [1.29, 1.82) is 0 Å². The zero-order valence-corrected chi connectivity index (χ0v) is 30.0. The third-order valence-corrected chi connectivity index (χ3v) is 8.46. The summed E-state index contributed by atoms with van der Waals surface area (Å²) in [6.45, 7) is -0.551. The fraction of sp³-hybridized carbons (Fsp3) is 0.594. The second-order valence-electron chi connectivity index (χ2n) is 13.4. The number of ether oxygens (including phenoxy) is 2. The highest BCUT2D eigenvalue weighted by Crippen LogP contribution is 2.41. The van der Waals surface area contributed by atoms with Crippen molar-refractivity contribution in [3.63, 3.8) is 0 Å². The molecular formula is C32H43F8N7O7. The highest BCUT2D eigenvalue weighted by atomic mass is 19.4. The van der Waals surface area contributed by atoms with Gasteiger partial charge in [0.1, 0.15) is 23.7 Å². The number of nitrogens with two attached hydrogens (primary N) is 1. The molecule has 1 unspecified atom stereocenters. The summed E-state index contributed by atoms with van der Waals surface area (Å²) in [5.41, 5.74) is 0.993. The number of carbonyl (C=O) groups excluding carboxylic acids is 4. The Hall–Kier alpha value is -4.73. The Kier molecular flexibility index (Phi) is 15.2. The Morgan fingerprint density at radius 1 is 0.907 bits per heavy atom. The van der Waals surface area contributed by atoms with E-state index in [-0.39, 0.29) is 17.3 Å². The van der Waals surface area contributed by atoms with Crippen LogP contribution in [0.1, 0.15) is 51.7 Å². The highest BCUT2D eigenvalue weighted by Gasteiger charge is 2.57. The number of nitrogens with zero attached hydrogens (tertiary/aromatic N) is 2. The topological polar surface area (TPSA) is 197 Å². The first kappa shape index (κ1) is 45.4. The van der Waals surface area contributed by atoms with Crippen molar-refractivity contribution in [3.05, 3.63) is 41.0 Å². The van der Waals surface area contributed by atoms with Crippen LogP contribution in [0.3, 0.4) is 0 Å². The molecule has 0 aliphatic heterocycles. The summed E-state index contributed by atoms with van der Waals surface area (Å²) >= 11 is 0. The number of amides is 4. The van der Waals surface area contributed by atoms with Crippen LogP contribution in [0.15, 0.2) is 23.2 Å². The second kappa shape index (κ2) is 18.1. The molecule has 0 saturated heterocycles. The van der Waals surface area contributed by atoms with Crippen LogP contribution >= 0.6 is 0 Å². The van der Waals surface area contributed by atoms with Crippen LogP contribution in [0.25, 0.3) is 5.70 Å². The van der Waals surface area contributed by atoms with E-state index in [1.54, 1.807) is 10.6 Å². The first-order valence-corrected chi connectivity index (χ1v) is 16.1. The third-order valence-electron chi connectivity index (χ3n) is 8.46. The van der Waals surface area contributed by atoms with E-state index < -0.39 is 102 Å². The molecule has 0 bridgehead atoms. The van der Waals surface area contributed by atoms with E-state index in [1.807, 2.05) is 10.7 Å². The summed E-state index contributed by atoms with van der Waals surface area (Å²) in [5.74, 6) is -5.58. The van der Waals surface area contributed by atoms with Crippen molar-refractivity contribution in [1.82, 2.24) is 26.4 Å². The molecule has 1 aliphatic carbocycles. The van der Waals surface area contributed by atoms with Crippen LogP contribution < -0.4 is 27.1 Å². The molecule has 54 heavy (non-hydrogen) atoms. The van der Waals surface area contributed by atoms with Gasteiger partial charge in [-0.3, -0.25) is 20.0 Å². The van der Waals surface area contributed by atoms with Gasteiger partial charge >= 0.3 is 24.5 Å². The molecule has 14 nitrogen and oxygen atoms in total. The Labute approximate surface area is 304 Å². The molecule has 1 fully saturated rings. The molecule has 2 rings (SSSR count). The summed E-state index contributed by atoms with van der Waals surface area (Å²) in [6, 6.07) is -3.00. The lowest BCUT2D eigenvalue weighted by molar-refractivity contribution is -0.221. The first-order chi connectivity index (χ1) is 24.8. The van der Waals surface area contributed by atoms with E-state index >= 15 is 8.78 Å². The third kappa shape index (κ3) is 12.1. The number of alkyl halides is 6. The minimum Gasteiger partial charge on any atom is -0.453 e. The number of aliphatic imine (C=N–C) groups is 1. The molecule has 7 N–H and O–H groups in total. The fourth-order valence-electron chi connectivity index (χ4n) is 4.51. The molecule has 0 aromatic heterocycles. The molecule has 0 radical (unpaired) electrons. The molecule has 0 spiro atoms. The van der Waals surface area contributed by atoms with E-state index in [0.29, 0.717) is 32.7 Å². The molecule has 1 saturated carbocycles. The zero-order valence-electron chi connectivity index (χ0n) is 30.0. The van der Waals surface area contributed by atoms with Gasteiger partial charge in [0, 0.05) is 42.7 Å². The summed E-state index contributed by atoms with van der Waals surface area (Å²) in [4.78, 5) is 54.1. The van der Waals surface area contributed by atoms with Crippen LogP contribution in [0, 0.1) is 22.5 Å². The lowest BCUT2D eigenvalue weighted by Crippen LogP contribution is -2.62. The Bertz CT molecular complexity index is 1560. The molecule has 1 aromatic rings. The maximum Gasteiger partial charge on any atom is 0.407 e. The van der Waals surface area contributed by atoms with Gasteiger partial charge in [0.15, 0.2) is 0 Å². The van der Waals surface area contributed by atoms with Gasteiger partial charge in [0.2, 0.25) is 5.91 Å². The van der Waals surface area contributed by atoms with Crippen LogP contribution in [0.5, 0.6) is 0 Å². The molecule has 3 atom stereocenters. The molecule has 22 heteroatoms. The van der Waals surface area contributed by atoms with Gasteiger partial charge in [-0.1, -0.05) is 0 Å². The zero-order chi connectivity index (χ0) is 41.4. The van der Waals surface area contributed by atoms with Crippen molar-refractivity contribution in [2.45, 2.75) is 83.7 Å². The number of alkyl carbamates (subject to hydrolysis) is 2. The number of nitrogens with one attached hydrogen (secondary N) is 4. The Balaban J connectivity index is 2.46. The largest absolute Gasteiger partial charge is 0.453 e. The summed E-state index contributed by atoms with van der Waals surface area (Å²) in [7, 11) is 1.63. The number of hydrogen-bond acceptors (Lipinski definition) is 10. The predicted molar refractivity (Wildman–Crippen MR) is 176 cm³/mol. The van der Waals surface area contributed by atoms with E-state index in [1.165, 1.54) is 12.3 Å². The molecule has 1 aliphatic rings. The SMILES string of the molecule is COC(=O)NC(C(=O)NC[C@@H](O)CN(Cc1c(F)cc(C(N)=CC=NC2CC2)cc1F)NC(=O)[C@@H](NC(=O)OC)C(C)(C)C(F)(F)F)C(C)(C)C(F)(F)F. The van der Waals surface area contributed by atoms with Gasteiger partial charge in [-0.25, -0.2) is 23.4 Å². The number of hydrazine groups is 1. The van der Waals surface area contributed by atoms with Crippen LogP contribution in [-0.4, -0.2) is 104 Å². The van der Waals surface area contributed by atoms with Crippen molar-refractivity contribution in [2.75, 3.05) is 27.3 Å². The number of aliphatic hydroxyl groups excluding tert-OH is 1. The minimum absolute atomic E-state index is 0.0834. The highest BCUT2D eigenvalue weighted by molar-refractivity contribution is 5.87. The van der Waals surface area contributed by atoms with Crippen LogP contribution in [-0.2, 0) is 25.6 Å². The maximum absolute atomic E-state index is 15.4. The fourth-order valence-corrected chi connectivity index (χ4v) is 4.51. The summed E-state index contributed by atoms with van der Waals surface area (Å²) in [6.07, 6.45) is -10.5. The second-order valence-corrected chi connectivity index (χ2v) is 13.4. The minimum atomic E-state index is -5.13. The van der Waals surface area contributed by atoms with E-state index in [2.05, 4.69) is 14.5 Å². The normalized spacial score (nSPS) is 16.0. The summed E-state index contributed by atoms with van der Waals surface area (Å²) < 4.78 is 123. The van der Waals surface area contributed by atoms with E-state index in [9.17, 15) is 50.6 Å². The van der Waals surface area contributed by atoms with Gasteiger partial charge in [-0.2, -0.15) is 26.3 Å². The van der Waals surface area contributed by atoms with Gasteiger partial charge in [-0.05, 0) is 58.7 Å². The molecule has 304 valence electrons. The van der Waals surface area contributed by atoms with Crippen molar-refractivity contribution in [3.8, 4) is 0 Å². The van der Waals surface area contributed by atoms with Crippen LogP contribution in [0.4, 0.5) is 44.7 Å². The molecule has 4 amide bonds. The van der Waals surface area contributed by atoms with Gasteiger partial charge in [-0.15, -0.1) is 0 Å². The van der Waals surface area contributed by atoms with Crippen LogP contribution in [0.2, 0.25) is 0 Å². The molecule has 1 aromatic carbocycles. The average Bonchev–Trinajstić information content (AvgIpc) is 3.89. The number of carbonyl (C=O) groups is 4. The summed E-state index contributed by atoms with van der Waals surface area (Å²) in [5, 5.41) is 16.8. The van der Waals surface area contributed by atoms with Crippen molar-refractivity contribution >= 4 is 35.9 Å². The van der Waals surface area contributed by atoms with E-state index in [0.717, 1.165) is 39.2 Å². The standard InChI is InChI=1S/C32H43F8N7O7/c1-29(2,31(35,36)37)23(44-27(51)53-5)25(49)43-13-18(48)14-47(46-26(50)24(45-28(52)54-6)30(3,4)32(38,39)40)15-19-20(33)11-16(12-21(19)34)22(41)9-10-42-17-7-8-17/h9-12,17-18,23-24,48H,7-8,13-15,41H2,1-6H3,(H,43,49)(H,44,51)(H,45,52)(H,46,50)/t18-,23?,24-/m1/s1. The molecule has 0 heterocycles. The number of rotatable bonds is 16. The number of methoxy groups -OCH3 is 2. The maximum atomic E-state index is 15.4. The monoisotopic (exact) mass is 789 g/mol. The quantitative estimate of drug-likeness (QED) is 0.0826. The Morgan fingerprint density at radius 2 is 1.37 bits per heavy atom. The van der Waals surface area contributed by atoms with Crippen molar-refractivity contribution < 1.29 is 68.9 Å². The lowest BCUT2D eigenvalue weighted by atomic mass is 9.83. The molecular weight excluding hydrogens is 746 g/mol. The number of benzene rings is 1. The van der Waals surface area contributed by atoms with E-state index in [4.69, 9.17) is 5.73 Å². The average molecular weight is 790 g/mol. The van der Waals surface area contributed by atoms with Gasteiger partial charge in [0.25, 0.3) is 5.91 Å². The van der Waals surface area contributed by atoms with Crippen molar-refractivity contribution in [2.24, 2.45) is 21.6 Å². The lowest BCUT2D eigenvalue weighted by Gasteiger charge is -2.37. The first-order valence-electron chi connectivity index (χ1n) is 16.1. The van der Waals surface area contributed by atoms with Gasteiger partial charge < -0.3 is 36.3 Å². The smallest absolute Gasteiger partial charge is 0.407 e. The Morgan fingerprint density at radius 3 is 1.80 bits per heavy atom. The predicted octanol–water partition coefficient (Wildman–Crippen LogP) is 3.43. The van der Waals surface area contributed by atoms with Gasteiger partial charge in [0.05, 0.1) is 37.2 Å². The number of allylic oxidation sites excluding steroid dienone is 1.